The van der Waals surface area contributed by atoms with Gasteiger partial charge in [0.25, 0.3) is 0 Å². The Kier molecular flexibility index (Phi) is 5.72. The topological polar surface area (TPSA) is 78.7 Å². The van der Waals surface area contributed by atoms with E-state index in [4.69, 9.17) is 11.6 Å². The quantitative estimate of drug-likeness (QED) is 0.488. The molecule has 2 aromatic heterocycles. The molecule has 0 unspecified atom stereocenters. The second-order valence-electron chi connectivity index (χ2n) is 6.05. The molecule has 1 fully saturated rings. The number of carbonyl (C=O) groups excluding carboxylic acids is 1. The number of nitrogens with one attached hydrogen (secondary N) is 1. The first-order chi connectivity index (χ1) is 12.6. The molecule has 0 atom stereocenters. The molecule has 26 heavy (non-hydrogen) atoms. The number of guanidine groups is 1. The number of aliphatic imine (C=N–C) groups is 1. The minimum Gasteiger partial charge on any atom is -0.356 e. The predicted octanol–water partition coefficient (Wildman–Crippen LogP) is 0.935. The number of nitrogens with zero attached hydrogens (tertiary/aromatic N) is 6. The largest absolute Gasteiger partial charge is 0.356 e. The number of pyridine rings is 1. The van der Waals surface area contributed by atoms with Gasteiger partial charge in [-0.25, -0.2) is 4.98 Å². The van der Waals surface area contributed by atoms with Crippen molar-refractivity contribution in [3.8, 4) is 0 Å². The maximum atomic E-state index is 12.5. The summed E-state index contributed by atoms with van der Waals surface area (Å²) in [7, 11) is 3.57. The predicted molar refractivity (Wildman–Crippen MR) is 101 cm³/mol. The Bertz CT molecular complexity index is 787. The maximum absolute atomic E-state index is 12.5. The van der Waals surface area contributed by atoms with Gasteiger partial charge in [0.2, 0.25) is 5.91 Å². The number of aryl methyl sites for hydroxylation is 1. The van der Waals surface area contributed by atoms with Crippen molar-refractivity contribution >= 4 is 29.2 Å². The molecular formula is C17H22ClN7O. The molecule has 0 aliphatic carbocycles. The molecule has 1 saturated heterocycles. The first kappa shape index (κ1) is 18.2. The van der Waals surface area contributed by atoms with E-state index in [1.54, 1.807) is 35.1 Å². The Balaban J connectivity index is 1.53. The average Bonchev–Trinajstić information content (AvgIpc) is 3.06. The van der Waals surface area contributed by atoms with E-state index >= 15 is 0 Å². The van der Waals surface area contributed by atoms with Crippen LogP contribution in [0.25, 0.3) is 0 Å². The number of carbonyl (C=O) groups is 1. The summed E-state index contributed by atoms with van der Waals surface area (Å²) in [5.74, 6) is 0.764. The summed E-state index contributed by atoms with van der Waals surface area (Å²) >= 11 is 5.80. The summed E-state index contributed by atoms with van der Waals surface area (Å²) in [6.45, 7) is 2.30. The highest BCUT2D eigenvalue weighted by Gasteiger charge is 2.27. The minimum absolute atomic E-state index is 0.0362. The van der Waals surface area contributed by atoms with Crippen LogP contribution in [-0.2, 0) is 18.3 Å². The van der Waals surface area contributed by atoms with Crippen molar-refractivity contribution in [1.29, 1.82) is 0 Å². The molecule has 1 amide bonds. The van der Waals surface area contributed by atoms with Gasteiger partial charge in [-0.15, -0.1) is 0 Å². The summed E-state index contributed by atoms with van der Waals surface area (Å²) in [6.07, 6.45) is 6.12. The lowest BCUT2D eigenvalue weighted by molar-refractivity contribution is -0.120. The molecule has 138 valence electrons. The van der Waals surface area contributed by atoms with Crippen LogP contribution in [0, 0.1) is 0 Å². The van der Waals surface area contributed by atoms with Crippen molar-refractivity contribution in [3.63, 3.8) is 0 Å². The zero-order valence-corrected chi connectivity index (χ0v) is 15.6. The Morgan fingerprint density at radius 3 is 2.81 bits per heavy atom. The number of aromatic nitrogens is 3. The summed E-state index contributed by atoms with van der Waals surface area (Å²) in [4.78, 5) is 24.6. The Morgan fingerprint density at radius 2 is 2.19 bits per heavy atom. The van der Waals surface area contributed by atoms with Crippen LogP contribution in [-0.4, -0.2) is 64.8 Å². The highest BCUT2D eigenvalue weighted by Crippen LogP contribution is 2.16. The Morgan fingerprint density at radius 1 is 1.35 bits per heavy atom. The van der Waals surface area contributed by atoms with Crippen LogP contribution < -0.4 is 10.2 Å². The van der Waals surface area contributed by atoms with Crippen LogP contribution in [0.2, 0.25) is 5.15 Å². The minimum atomic E-state index is 0.0362. The zero-order chi connectivity index (χ0) is 18.5. The van der Waals surface area contributed by atoms with Crippen LogP contribution in [0.15, 0.2) is 35.7 Å². The van der Waals surface area contributed by atoms with Gasteiger partial charge in [0.05, 0.1) is 11.9 Å². The summed E-state index contributed by atoms with van der Waals surface area (Å²) in [5.41, 5.74) is 1.92. The van der Waals surface area contributed by atoms with Gasteiger partial charge in [0.1, 0.15) is 11.7 Å². The fraction of sp³-hybridized carbons (Fsp3) is 0.412. The Labute approximate surface area is 157 Å². The van der Waals surface area contributed by atoms with E-state index in [0.717, 1.165) is 23.6 Å². The van der Waals surface area contributed by atoms with E-state index in [0.29, 0.717) is 24.8 Å². The first-order valence-electron chi connectivity index (χ1n) is 8.42. The normalized spacial score (nSPS) is 15.5. The van der Waals surface area contributed by atoms with Gasteiger partial charge in [0.15, 0.2) is 5.96 Å². The van der Waals surface area contributed by atoms with Crippen LogP contribution >= 0.6 is 11.6 Å². The van der Waals surface area contributed by atoms with E-state index < -0.39 is 0 Å². The van der Waals surface area contributed by atoms with Crippen molar-refractivity contribution in [2.24, 2.45) is 12.0 Å². The molecule has 1 aliphatic heterocycles. The highest BCUT2D eigenvalue weighted by atomic mass is 35.5. The van der Waals surface area contributed by atoms with Crippen LogP contribution in [0.4, 0.5) is 5.69 Å². The van der Waals surface area contributed by atoms with Crippen molar-refractivity contribution in [2.45, 2.75) is 6.42 Å². The fourth-order valence-electron chi connectivity index (χ4n) is 2.88. The molecule has 3 heterocycles. The number of hydrogen-bond donors (Lipinski definition) is 1. The number of amides is 1. The third-order valence-corrected chi connectivity index (χ3v) is 4.44. The maximum Gasteiger partial charge on any atom is 0.246 e. The van der Waals surface area contributed by atoms with E-state index in [2.05, 4.69) is 20.4 Å². The number of halogens is 1. The monoisotopic (exact) mass is 375 g/mol. The third-order valence-electron chi connectivity index (χ3n) is 4.22. The lowest BCUT2D eigenvalue weighted by Crippen LogP contribution is -2.55. The molecule has 0 saturated carbocycles. The zero-order valence-electron chi connectivity index (χ0n) is 14.9. The SMILES string of the molecule is CN=C(NCCc1ccc(Cl)nc1)N1CCN(c2cnn(C)c2)C(=O)C1. The van der Waals surface area contributed by atoms with Gasteiger partial charge in [-0.05, 0) is 18.1 Å². The molecular weight excluding hydrogens is 354 g/mol. The molecule has 2 aromatic rings. The summed E-state index contributed by atoms with van der Waals surface area (Å²) in [5, 5.41) is 7.93. The summed E-state index contributed by atoms with van der Waals surface area (Å²) < 4.78 is 1.70. The smallest absolute Gasteiger partial charge is 0.246 e. The van der Waals surface area contributed by atoms with Gasteiger partial charge < -0.3 is 15.1 Å². The molecule has 0 radical (unpaired) electrons. The van der Waals surface area contributed by atoms with E-state index in [9.17, 15) is 4.79 Å². The molecule has 0 bridgehead atoms. The molecule has 8 nitrogen and oxygen atoms in total. The van der Waals surface area contributed by atoms with Crippen molar-refractivity contribution in [3.05, 3.63) is 41.4 Å². The molecule has 1 aliphatic rings. The average molecular weight is 376 g/mol. The number of rotatable bonds is 4. The number of hydrogen-bond acceptors (Lipinski definition) is 4. The standard InChI is InChI=1S/C17H22ClN7O/c1-19-17(20-6-5-13-3-4-15(18)21-9-13)24-7-8-25(16(26)12-24)14-10-22-23(2)11-14/h3-4,9-11H,5-8,12H2,1-2H3,(H,19,20). The van der Waals surface area contributed by atoms with Crippen LogP contribution in [0.5, 0.6) is 0 Å². The molecule has 3 rings (SSSR count). The lowest BCUT2D eigenvalue weighted by Gasteiger charge is -2.35. The van der Waals surface area contributed by atoms with Gasteiger partial charge in [-0.3, -0.25) is 14.5 Å². The molecule has 0 aromatic carbocycles. The van der Waals surface area contributed by atoms with E-state index in [-0.39, 0.29) is 12.5 Å². The lowest BCUT2D eigenvalue weighted by atomic mass is 10.2. The third kappa shape index (κ3) is 4.32. The van der Waals surface area contributed by atoms with Crippen LogP contribution in [0.3, 0.4) is 0 Å². The van der Waals surface area contributed by atoms with Crippen molar-refractivity contribution < 1.29 is 4.79 Å². The van der Waals surface area contributed by atoms with Gasteiger partial charge in [0, 0.05) is 46.1 Å². The fourth-order valence-corrected chi connectivity index (χ4v) is 2.99. The van der Waals surface area contributed by atoms with E-state index in [1.165, 1.54) is 0 Å². The van der Waals surface area contributed by atoms with E-state index in [1.807, 2.05) is 24.2 Å². The number of piperazine rings is 1. The van der Waals surface area contributed by atoms with Crippen molar-refractivity contribution in [2.75, 3.05) is 38.1 Å². The molecule has 1 N–H and O–H groups in total. The molecule has 9 heteroatoms. The van der Waals surface area contributed by atoms with Crippen molar-refractivity contribution in [1.82, 2.24) is 25.0 Å². The van der Waals surface area contributed by atoms with Gasteiger partial charge in [-0.1, -0.05) is 17.7 Å². The second-order valence-corrected chi connectivity index (χ2v) is 6.44. The number of anilines is 1. The summed E-state index contributed by atoms with van der Waals surface area (Å²) in [6, 6.07) is 3.73. The molecule has 0 spiro atoms. The Hall–Kier alpha value is -2.61. The van der Waals surface area contributed by atoms with Gasteiger partial charge >= 0.3 is 0 Å². The van der Waals surface area contributed by atoms with Crippen LogP contribution in [0.1, 0.15) is 5.56 Å². The first-order valence-corrected chi connectivity index (χ1v) is 8.79. The van der Waals surface area contributed by atoms with Gasteiger partial charge in [-0.2, -0.15) is 5.10 Å². The highest BCUT2D eigenvalue weighted by molar-refractivity contribution is 6.29. The second kappa shape index (κ2) is 8.18.